The molecule has 0 saturated heterocycles. The SMILES string of the molecule is CCc1csc2c(N)c(Cl)ccc12. The highest BCUT2D eigenvalue weighted by molar-refractivity contribution is 7.18. The molecule has 0 saturated carbocycles. The first-order valence-corrected chi connectivity index (χ1v) is 5.44. The van der Waals surface area contributed by atoms with Gasteiger partial charge in [-0.2, -0.15) is 0 Å². The summed E-state index contributed by atoms with van der Waals surface area (Å²) in [6.07, 6.45) is 1.04. The zero-order valence-corrected chi connectivity index (χ0v) is 8.88. The van der Waals surface area contributed by atoms with E-state index in [0.29, 0.717) is 10.7 Å². The second-order valence-electron chi connectivity index (χ2n) is 2.95. The summed E-state index contributed by atoms with van der Waals surface area (Å²) in [5.41, 5.74) is 7.93. The van der Waals surface area contributed by atoms with Crippen LogP contribution >= 0.6 is 22.9 Å². The van der Waals surface area contributed by atoms with E-state index in [1.165, 1.54) is 10.9 Å². The quantitative estimate of drug-likeness (QED) is 0.716. The van der Waals surface area contributed by atoms with E-state index in [2.05, 4.69) is 12.3 Å². The van der Waals surface area contributed by atoms with Crippen molar-refractivity contribution in [1.82, 2.24) is 0 Å². The lowest BCUT2D eigenvalue weighted by atomic mass is 10.1. The Labute approximate surface area is 86.1 Å². The van der Waals surface area contributed by atoms with Crippen molar-refractivity contribution >= 4 is 38.7 Å². The topological polar surface area (TPSA) is 26.0 Å². The molecule has 1 aromatic heterocycles. The standard InChI is InChI=1S/C10H10ClNS/c1-2-6-5-13-10-7(6)3-4-8(11)9(10)12/h3-5H,2,12H2,1H3. The molecule has 0 atom stereocenters. The number of thiophene rings is 1. The molecule has 1 aromatic carbocycles. The van der Waals surface area contributed by atoms with Gasteiger partial charge in [-0.25, -0.2) is 0 Å². The number of nitrogen functional groups attached to an aromatic ring is 1. The van der Waals surface area contributed by atoms with Crippen molar-refractivity contribution in [2.75, 3.05) is 5.73 Å². The summed E-state index contributed by atoms with van der Waals surface area (Å²) in [6.45, 7) is 2.15. The van der Waals surface area contributed by atoms with Gasteiger partial charge in [-0.05, 0) is 28.8 Å². The first kappa shape index (κ1) is 8.85. The number of hydrogen-bond acceptors (Lipinski definition) is 2. The van der Waals surface area contributed by atoms with Crippen molar-refractivity contribution in [2.24, 2.45) is 0 Å². The van der Waals surface area contributed by atoms with Gasteiger partial charge in [0, 0.05) is 0 Å². The lowest BCUT2D eigenvalue weighted by molar-refractivity contribution is 1.17. The van der Waals surface area contributed by atoms with Crippen LogP contribution in [0.1, 0.15) is 12.5 Å². The van der Waals surface area contributed by atoms with Gasteiger partial charge in [0.2, 0.25) is 0 Å². The van der Waals surface area contributed by atoms with Crippen molar-refractivity contribution in [1.29, 1.82) is 0 Å². The van der Waals surface area contributed by atoms with Crippen LogP contribution in [0, 0.1) is 0 Å². The molecule has 0 unspecified atom stereocenters. The second kappa shape index (κ2) is 3.20. The molecule has 0 aliphatic rings. The lowest BCUT2D eigenvalue weighted by Gasteiger charge is -1.99. The summed E-state index contributed by atoms with van der Waals surface area (Å²) in [5, 5.41) is 4.04. The fraction of sp³-hybridized carbons (Fsp3) is 0.200. The number of nitrogens with two attached hydrogens (primary N) is 1. The molecule has 3 heteroatoms. The highest BCUT2D eigenvalue weighted by Crippen LogP contribution is 2.35. The van der Waals surface area contributed by atoms with E-state index in [0.717, 1.165) is 11.1 Å². The van der Waals surface area contributed by atoms with E-state index < -0.39 is 0 Å². The maximum atomic E-state index is 5.92. The zero-order valence-electron chi connectivity index (χ0n) is 7.30. The van der Waals surface area contributed by atoms with Gasteiger partial charge < -0.3 is 5.73 Å². The van der Waals surface area contributed by atoms with Gasteiger partial charge in [-0.15, -0.1) is 11.3 Å². The van der Waals surface area contributed by atoms with Gasteiger partial charge in [0.05, 0.1) is 15.4 Å². The van der Waals surface area contributed by atoms with Crippen molar-refractivity contribution in [3.63, 3.8) is 0 Å². The summed E-state index contributed by atoms with van der Waals surface area (Å²) in [7, 11) is 0. The van der Waals surface area contributed by atoms with Crippen LogP contribution in [0.25, 0.3) is 10.1 Å². The van der Waals surface area contributed by atoms with Crippen LogP contribution < -0.4 is 5.73 Å². The third-order valence-electron chi connectivity index (χ3n) is 2.19. The molecular formula is C10H10ClNS. The smallest absolute Gasteiger partial charge is 0.0684 e. The van der Waals surface area contributed by atoms with Crippen LogP contribution in [0.4, 0.5) is 5.69 Å². The number of rotatable bonds is 1. The van der Waals surface area contributed by atoms with Crippen molar-refractivity contribution in [3.8, 4) is 0 Å². The van der Waals surface area contributed by atoms with E-state index >= 15 is 0 Å². The van der Waals surface area contributed by atoms with Gasteiger partial charge in [-0.1, -0.05) is 24.6 Å². The Morgan fingerprint density at radius 1 is 1.46 bits per heavy atom. The summed E-state index contributed by atoms with van der Waals surface area (Å²) in [5.74, 6) is 0. The maximum Gasteiger partial charge on any atom is 0.0684 e. The summed E-state index contributed by atoms with van der Waals surface area (Å²) in [4.78, 5) is 0. The fourth-order valence-electron chi connectivity index (χ4n) is 1.42. The molecule has 0 aliphatic heterocycles. The van der Waals surface area contributed by atoms with Gasteiger partial charge in [0.25, 0.3) is 0 Å². The number of anilines is 1. The fourth-order valence-corrected chi connectivity index (χ4v) is 2.75. The third-order valence-corrected chi connectivity index (χ3v) is 3.60. The lowest BCUT2D eigenvalue weighted by Crippen LogP contribution is -1.86. The molecule has 0 spiro atoms. The van der Waals surface area contributed by atoms with Gasteiger partial charge in [-0.3, -0.25) is 0 Å². The van der Waals surface area contributed by atoms with Crippen LogP contribution in [0.2, 0.25) is 5.02 Å². The van der Waals surface area contributed by atoms with Gasteiger partial charge >= 0.3 is 0 Å². The highest BCUT2D eigenvalue weighted by atomic mass is 35.5. The van der Waals surface area contributed by atoms with E-state index in [1.807, 2.05) is 12.1 Å². The number of hydrogen-bond donors (Lipinski definition) is 1. The predicted octanol–water partition coefficient (Wildman–Crippen LogP) is 3.70. The van der Waals surface area contributed by atoms with Crippen LogP contribution in [-0.2, 0) is 6.42 Å². The van der Waals surface area contributed by atoms with Gasteiger partial charge in [0.1, 0.15) is 0 Å². The molecule has 2 aromatic rings. The van der Waals surface area contributed by atoms with E-state index in [1.54, 1.807) is 11.3 Å². The molecule has 68 valence electrons. The average molecular weight is 212 g/mol. The first-order chi connectivity index (χ1) is 6.24. The summed E-state index contributed by atoms with van der Waals surface area (Å²) < 4.78 is 1.12. The molecule has 0 bridgehead atoms. The summed E-state index contributed by atoms with van der Waals surface area (Å²) >= 11 is 7.59. The average Bonchev–Trinajstić information content (AvgIpc) is 2.55. The maximum absolute atomic E-state index is 5.92. The highest BCUT2D eigenvalue weighted by Gasteiger charge is 2.07. The molecule has 13 heavy (non-hydrogen) atoms. The molecular weight excluding hydrogens is 202 g/mol. The minimum absolute atomic E-state index is 0.650. The molecule has 2 N–H and O–H groups in total. The first-order valence-electron chi connectivity index (χ1n) is 4.18. The Morgan fingerprint density at radius 2 is 2.23 bits per heavy atom. The van der Waals surface area contributed by atoms with Gasteiger partial charge in [0.15, 0.2) is 0 Å². The Kier molecular flexibility index (Phi) is 2.18. The normalized spacial score (nSPS) is 10.9. The number of fused-ring (bicyclic) bond motifs is 1. The third kappa shape index (κ3) is 1.30. The predicted molar refractivity (Wildman–Crippen MR) is 60.6 cm³/mol. The largest absolute Gasteiger partial charge is 0.396 e. The Hall–Kier alpha value is -0.730. The minimum atomic E-state index is 0.650. The Bertz CT molecular complexity index is 447. The number of aryl methyl sites for hydroxylation is 1. The molecule has 0 amide bonds. The van der Waals surface area contributed by atoms with Crippen molar-refractivity contribution in [3.05, 3.63) is 28.1 Å². The Balaban J connectivity index is 2.81. The molecule has 0 radical (unpaired) electrons. The van der Waals surface area contributed by atoms with Crippen molar-refractivity contribution < 1.29 is 0 Å². The Morgan fingerprint density at radius 3 is 2.92 bits per heavy atom. The zero-order chi connectivity index (χ0) is 9.42. The minimum Gasteiger partial charge on any atom is -0.396 e. The van der Waals surface area contributed by atoms with Crippen LogP contribution in [0.5, 0.6) is 0 Å². The molecule has 0 aliphatic carbocycles. The summed E-state index contributed by atoms with van der Waals surface area (Å²) in [6, 6.07) is 3.91. The van der Waals surface area contributed by atoms with Crippen LogP contribution in [0.15, 0.2) is 17.5 Å². The van der Waals surface area contributed by atoms with E-state index in [4.69, 9.17) is 17.3 Å². The number of benzene rings is 1. The van der Waals surface area contributed by atoms with Crippen molar-refractivity contribution in [2.45, 2.75) is 13.3 Å². The molecule has 0 fully saturated rings. The van der Waals surface area contributed by atoms with Crippen LogP contribution in [0.3, 0.4) is 0 Å². The van der Waals surface area contributed by atoms with Crippen LogP contribution in [-0.4, -0.2) is 0 Å². The monoisotopic (exact) mass is 211 g/mol. The molecule has 2 rings (SSSR count). The molecule has 1 nitrogen and oxygen atoms in total. The van der Waals surface area contributed by atoms with E-state index in [-0.39, 0.29) is 0 Å². The van der Waals surface area contributed by atoms with E-state index in [9.17, 15) is 0 Å². The second-order valence-corrected chi connectivity index (χ2v) is 4.24. The number of halogens is 1. The molecule has 1 heterocycles.